The lowest BCUT2D eigenvalue weighted by molar-refractivity contribution is 0.624. The summed E-state index contributed by atoms with van der Waals surface area (Å²) in [5.41, 5.74) is 0.814. The Balaban J connectivity index is 2.55. The largest absolute Gasteiger partial charge is 0.262 e. The van der Waals surface area contributed by atoms with Gasteiger partial charge in [-0.05, 0) is 23.7 Å². The number of hydrogen-bond acceptors (Lipinski definition) is 3. The molecule has 0 N–H and O–H groups in total. The summed E-state index contributed by atoms with van der Waals surface area (Å²) in [5, 5.41) is 0.0960. The molecule has 0 aliphatic carbocycles. The summed E-state index contributed by atoms with van der Waals surface area (Å²) in [7, 11) is 0. The van der Waals surface area contributed by atoms with E-state index in [1.54, 1.807) is 6.07 Å². The highest BCUT2D eigenvalue weighted by Gasteiger charge is 2.05. The fourth-order valence-corrected chi connectivity index (χ4v) is 1.22. The van der Waals surface area contributed by atoms with Gasteiger partial charge in [0.1, 0.15) is 0 Å². The van der Waals surface area contributed by atoms with Gasteiger partial charge in [-0.2, -0.15) is 0 Å². The zero-order valence-electron chi connectivity index (χ0n) is 6.98. The van der Waals surface area contributed by atoms with Crippen molar-refractivity contribution in [3.8, 4) is 11.3 Å². The maximum Gasteiger partial charge on any atom is 0.222 e. The lowest BCUT2D eigenvalue weighted by Gasteiger charge is -2.00. The fraction of sp³-hybridized carbons (Fsp3) is 0. The van der Waals surface area contributed by atoms with Crippen molar-refractivity contribution < 1.29 is 4.39 Å². The van der Waals surface area contributed by atoms with Crippen molar-refractivity contribution in [1.29, 1.82) is 0 Å². The van der Waals surface area contributed by atoms with Gasteiger partial charge in [0.15, 0.2) is 5.82 Å². The van der Waals surface area contributed by atoms with Gasteiger partial charge in [-0.25, -0.2) is 14.4 Å². The molecule has 14 heavy (non-hydrogen) atoms. The number of nitrogens with zero attached hydrogens (tertiary/aromatic N) is 3. The lowest BCUT2D eigenvalue weighted by atomic mass is 10.2. The van der Waals surface area contributed by atoms with E-state index in [0.717, 1.165) is 6.20 Å². The van der Waals surface area contributed by atoms with Gasteiger partial charge in [-0.3, -0.25) is 4.98 Å². The van der Waals surface area contributed by atoms with Gasteiger partial charge >= 0.3 is 0 Å². The van der Waals surface area contributed by atoms with Crippen LogP contribution in [-0.4, -0.2) is 15.0 Å². The van der Waals surface area contributed by atoms with Crippen LogP contribution in [0.5, 0.6) is 0 Å². The van der Waals surface area contributed by atoms with E-state index < -0.39 is 5.82 Å². The average Bonchev–Trinajstić information content (AvgIpc) is 2.18. The summed E-state index contributed by atoms with van der Waals surface area (Å²) in [6, 6.07) is 3.12. The first kappa shape index (κ1) is 9.02. The van der Waals surface area contributed by atoms with Gasteiger partial charge < -0.3 is 0 Å². The Labute approximate surface area is 84.6 Å². The Hall–Kier alpha value is -1.55. The monoisotopic (exact) mass is 209 g/mol. The first-order valence-corrected chi connectivity index (χ1v) is 4.23. The minimum absolute atomic E-state index is 0.0960. The Morgan fingerprint density at radius 1 is 1.21 bits per heavy atom. The van der Waals surface area contributed by atoms with Gasteiger partial charge in [0.2, 0.25) is 5.28 Å². The molecule has 2 aromatic rings. The normalized spacial score (nSPS) is 10.1. The van der Waals surface area contributed by atoms with Crippen LogP contribution in [0.1, 0.15) is 0 Å². The number of rotatable bonds is 1. The van der Waals surface area contributed by atoms with Gasteiger partial charge in [0.25, 0.3) is 0 Å². The highest BCUT2D eigenvalue weighted by molar-refractivity contribution is 6.28. The molecule has 2 heterocycles. The number of pyridine rings is 1. The highest BCUT2D eigenvalue weighted by Crippen LogP contribution is 2.19. The SMILES string of the molecule is Fc1cnccc1-c1ccnc(Cl)n1. The Kier molecular flexibility index (Phi) is 2.37. The minimum Gasteiger partial charge on any atom is -0.262 e. The molecular formula is C9H5ClFN3. The first-order chi connectivity index (χ1) is 6.77. The smallest absolute Gasteiger partial charge is 0.222 e. The van der Waals surface area contributed by atoms with Crippen molar-refractivity contribution in [2.45, 2.75) is 0 Å². The van der Waals surface area contributed by atoms with Crippen LogP contribution in [0.25, 0.3) is 11.3 Å². The van der Waals surface area contributed by atoms with Crippen LogP contribution in [-0.2, 0) is 0 Å². The van der Waals surface area contributed by atoms with Crippen molar-refractivity contribution in [1.82, 2.24) is 15.0 Å². The van der Waals surface area contributed by atoms with Crippen molar-refractivity contribution >= 4 is 11.6 Å². The van der Waals surface area contributed by atoms with Crippen molar-refractivity contribution in [2.24, 2.45) is 0 Å². The third-order valence-electron chi connectivity index (χ3n) is 1.67. The standard InChI is InChI=1S/C9H5ClFN3/c10-9-13-4-2-8(14-9)6-1-3-12-5-7(6)11/h1-5H. The van der Waals surface area contributed by atoms with Crippen LogP contribution in [0.4, 0.5) is 4.39 Å². The van der Waals surface area contributed by atoms with Crippen LogP contribution in [0.15, 0.2) is 30.7 Å². The molecule has 0 unspecified atom stereocenters. The van der Waals surface area contributed by atoms with E-state index in [1.165, 1.54) is 18.5 Å². The second-order valence-corrected chi connectivity index (χ2v) is 2.90. The summed E-state index contributed by atoms with van der Waals surface area (Å²) in [6.07, 6.45) is 4.10. The Morgan fingerprint density at radius 2 is 2.07 bits per heavy atom. The molecule has 3 nitrogen and oxygen atoms in total. The molecule has 0 saturated carbocycles. The first-order valence-electron chi connectivity index (χ1n) is 3.86. The summed E-state index contributed by atoms with van der Waals surface area (Å²) < 4.78 is 13.2. The molecule has 0 aromatic carbocycles. The van der Waals surface area contributed by atoms with Gasteiger partial charge in [-0.1, -0.05) is 0 Å². The summed E-state index contributed by atoms with van der Waals surface area (Å²) >= 11 is 5.59. The fourth-order valence-electron chi connectivity index (χ4n) is 1.07. The molecular weight excluding hydrogens is 205 g/mol. The minimum atomic E-state index is -0.428. The van der Waals surface area contributed by atoms with Crippen molar-refractivity contribution in [3.63, 3.8) is 0 Å². The zero-order valence-corrected chi connectivity index (χ0v) is 7.74. The Bertz CT molecular complexity index is 461. The highest BCUT2D eigenvalue weighted by atomic mass is 35.5. The summed E-state index contributed by atoms with van der Waals surface area (Å²) in [4.78, 5) is 11.2. The molecule has 0 saturated heterocycles. The van der Waals surface area contributed by atoms with E-state index in [4.69, 9.17) is 11.6 Å². The molecule has 0 amide bonds. The van der Waals surface area contributed by atoms with Gasteiger partial charge in [0, 0.05) is 18.0 Å². The van der Waals surface area contributed by atoms with Crippen LogP contribution >= 0.6 is 11.6 Å². The Morgan fingerprint density at radius 3 is 2.79 bits per heavy atom. The maximum atomic E-state index is 13.2. The number of hydrogen-bond donors (Lipinski definition) is 0. The predicted octanol–water partition coefficient (Wildman–Crippen LogP) is 2.33. The van der Waals surface area contributed by atoms with Gasteiger partial charge in [-0.15, -0.1) is 0 Å². The van der Waals surface area contributed by atoms with E-state index in [2.05, 4.69) is 15.0 Å². The molecule has 0 aliphatic heterocycles. The van der Waals surface area contributed by atoms with E-state index in [9.17, 15) is 4.39 Å². The quantitative estimate of drug-likeness (QED) is 0.677. The van der Waals surface area contributed by atoms with Crippen LogP contribution in [0.2, 0.25) is 5.28 Å². The molecule has 70 valence electrons. The molecule has 2 rings (SSSR count). The topological polar surface area (TPSA) is 38.7 Å². The molecule has 0 bridgehead atoms. The number of aromatic nitrogens is 3. The third kappa shape index (κ3) is 1.70. The second-order valence-electron chi connectivity index (χ2n) is 2.57. The lowest BCUT2D eigenvalue weighted by Crippen LogP contribution is -1.90. The zero-order chi connectivity index (χ0) is 9.97. The molecule has 5 heteroatoms. The van der Waals surface area contributed by atoms with E-state index in [-0.39, 0.29) is 5.28 Å². The van der Waals surface area contributed by atoms with E-state index in [0.29, 0.717) is 11.3 Å². The third-order valence-corrected chi connectivity index (χ3v) is 1.86. The molecule has 0 atom stereocenters. The second kappa shape index (κ2) is 3.67. The van der Waals surface area contributed by atoms with Gasteiger partial charge in [0.05, 0.1) is 11.9 Å². The van der Waals surface area contributed by atoms with Crippen molar-refractivity contribution in [3.05, 3.63) is 41.8 Å². The molecule has 0 radical (unpaired) electrons. The molecule has 0 aliphatic rings. The molecule has 2 aromatic heterocycles. The van der Waals surface area contributed by atoms with Crippen molar-refractivity contribution in [2.75, 3.05) is 0 Å². The number of halogens is 2. The molecule has 0 spiro atoms. The average molecular weight is 210 g/mol. The summed E-state index contributed by atoms with van der Waals surface area (Å²) in [6.45, 7) is 0. The predicted molar refractivity (Wildman–Crippen MR) is 50.2 cm³/mol. The maximum absolute atomic E-state index is 13.2. The summed E-state index contributed by atoms with van der Waals surface area (Å²) in [5.74, 6) is -0.428. The molecule has 0 fully saturated rings. The van der Waals surface area contributed by atoms with E-state index >= 15 is 0 Å². The van der Waals surface area contributed by atoms with E-state index in [1.807, 2.05) is 0 Å². The van der Waals surface area contributed by atoms with Crippen LogP contribution < -0.4 is 0 Å². The van der Waals surface area contributed by atoms with Crippen LogP contribution in [0, 0.1) is 5.82 Å². The van der Waals surface area contributed by atoms with Crippen LogP contribution in [0.3, 0.4) is 0 Å².